The Hall–Kier alpha value is -2.15. The highest BCUT2D eigenvalue weighted by Gasteiger charge is 2.30. The van der Waals surface area contributed by atoms with Crippen molar-refractivity contribution in [3.8, 4) is 0 Å². The van der Waals surface area contributed by atoms with E-state index < -0.39 is 0 Å². The molecule has 7 heteroatoms. The van der Waals surface area contributed by atoms with Gasteiger partial charge in [-0.05, 0) is 12.1 Å². The zero-order valence-electron chi connectivity index (χ0n) is 17.4. The van der Waals surface area contributed by atoms with Gasteiger partial charge >= 0.3 is 0 Å². The van der Waals surface area contributed by atoms with Crippen LogP contribution in [0.3, 0.4) is 0 Å². The topological polar surface area (TPSA) is 60.0 Å². The Morgan fingerprint density at radius 3 is 2.14 bits per heavy atom. The quantitative estimate of drug-likeness (QED) is 0.780. The highest BCUT2D eigenvalue weighted by molar-refractivity contribution is 5.81. The van der Waals surface area contributed by atoms with Crippen LogP contribution < -0.4 is 4.90 Å². The minimum atomic E-state index is -0.324. The van der Waals surface area contributed by atoms with Crippen LogP contribution in [0.15, 0.2) is 24.4 Å². The van der Waals surface area contributed by atoms with Gasteiger partial charge < -0.3 is 14.7 Å². The highest BCUT2D eigenvalue weighted by atomic mass is 16.2. The lowest BCUT2D eigenvalue weighted by Crippen LogP contribution is -2.52. The Morgan fingerprint density at radius 1 is 0.929 bits per heavy atom. The molecule has 2 aliphatic rings. The van der Waals surface area contributed by atoms with E-state index >= 15 is 0 Å². The first-order valence-corrected chi connectivity index (χ1v) is 10.3. The summed E-state index contributed by atoms with van der Waals surface area (Å²) < 4.78 is 0. The zero-order valence-corrected chi connectivity index (χ0v) is 17.4. The molecule has 28 heavy (non-hydrogen) atoms. The van der Waals surface area contributed by atoms with Crippen LogP contribution in [0, 0.1) is 5.41 Å². The Balaban J connectivity index is 1.37. The summed E-state index contributed by atoms with van der Waals surface area (Å²) in [5, 5.41) is 0. The third-order valence-corrected chi connectivity index (χ3v) is 5.55. The first-order valence-electron chi connectivity index (χ1n) is 10.3. The molecule has 0 saturated carbocycles. The number of nitrogens with zero attached hydrogens (tertiary/aromatic N) is 5. The molecule has 7 nitrogen and oxygen atoms in total. The lowest BCUT2D eigenvalue weighted by Gasteiger charge is -2.38. The molecule has 1 aromatic rings. The maximum Gasteiger partial charge on any atom is 0.228 e. The van der Waals surface area contributed by atoms with Gasteiger partial charge in [0.05, 0.1) is 0 Å². The Morgan fingerprint density at radius 2 is 1.57 bits per heavy atom. The third-order valence-electron chi connectivity index (χ3n) is 5.55. The molecule has 2 saturated heterocycles. The molecule has 2 amide bonds. The molecule has 0 spiro atoms. The minimum absolute atomic E-state index is 0.217. The SMILES string of the molecule is CC(C)(C)C(=O)N1CCN(CCC(=O)N2CCN(c3ccccn3)CC2)CC1. The molecule has 3 heterocycles. The zero-order chi connectivity index (χ0) is 20.1. The number of carbonyl (C=O) groups is 2. The summed E-state index contributed by atoms with van der Waals surface area (Å²) in [5.74, 6) is 1.43. The summed E-state index contributed by atoms with van der Waals surface area (Å²) in [6.45, 7) is 13.1. The van der Waals surface area contributed by atoms with Crippen LogP contribution in [-0.4, -0.2) is 90.4 Å². The summed E-state index contributed by atoms with van der Waals surface area (Å²) in [4.78, 5) is 37.8. The summed E-state index contributed by atoms with van der Waals surface area (Å²) in [7, 11) is 0. The maximum absolute atomic E-state index is 12.6. The average Bonchev–Trinajstić information content (AvgIpc) is 2.72. The van der Waals surface area contributed by atoms with Crippen LogP contribution in [0.25, 0.3) is 0 Å². The largest absolute Gasteiger partial charge is 0.353 e. The normalized spacial score (nSPS) is 19.0. The van der Waals surface area contributed by atoms with Gasteiger partial charge in [-0.2, -0.15) is 0 Å². The molecule has 0 N–H and O–H groups in total. The van der Waals surface area contributed by atoms with Gasteiger partial charge in [0.15, 0.2) is 0 Å². The first kappa shape index (κ1) is 20.6. The summed E-state index contributed by atoms with van der Waals surface area (Å²) >= 11 is 0. The van der Waals surface area contributed by atoms with E-state index in [1.807, 2.05) is 55.0 Å². The molecule has 0 radical (unpaired) electrons. The lowest BCUT2D eigenvalue weighted by atomic mass is 9.94. The smallest absolute Gasteiger partial charge is 0.228 e. The third kappa shape index (κ3) is 5.22. The standard InChI is InChI=1S/C21H33N5O2/c1-21(2,3)20(28)26-12-10-23(11-13-26)9-7-19(27)25-16-14-24(15-17-25)18-6-4-5-8-22-18/h4-6,8H,7,9-17H2,1-3H3. The van der Waals surface area contributed by atoms with Gasteiger partial charge in [0.2, 0.25) is 11.8 Å². The number of aromatic nitrogens is 1. The minimum Gasteiger partial charge on any atom is -0.353 e. The van der Waals surface area contributed by atoms with E-state index in [-0.39, 0.29) is 17.2 Å². The van der Waals surface area contributed by atoms with E-state index in [0.29, 0.717) is 6.42 Å². The van der Waals surface area contributed by atoms with Gasteiger partial charge in [0.25, 0.3) is 0 Å². The van der Waals surface area contributed by atoms with Crippen molar-refractivity contribution in [2.75, 3.05) is 63.8 Å². The van der Waals surface area contributed by atoms with E-state index in [1.165, 1.54) is 0 Å². The first-order chi connectivity index (χ1) is 13.3. The van der Waals surface area contributed by atoms with Gasteiger partial charge in [0, 0.05) is 76.9 Å². The summed E-state index contributed by atoms with van der Waals surface area (Å²) in [6.07, 6.45) is 2.36. The van der Waals surface area contributed by atoms with Crippen LogP contribution in [-0.2, 0) is 9.59 Å². The van der Waals surface area contributed by atoms with Gasteiger partial charge in [-0.15, -0.1) is 0 Å². The van der Waals surface area contributed by atoms with Gasteiger partial charge in [-0.1, -0.05) is 26.8 Å². The van der Waals surface area contributed by atoms with Crippen LogP contribution in [0.2, 0.25) is 0 Å². The number of piperazine rings is 2. The number of carbonyl (C=O) groups excluding carboxylic acids is 2. The van der Waals surface area contributed by atoms with Crippen LogP contribution in [0.1, 0.15) is 27.2 Å². The molecule has 0 bridgehead atoms. The van der Waals surface area contributed by atoms with Crippen molar-refractivity contribution >= 4 is 17.6 Å². The number of amides is 2. The molecule has 154 valence electrons. The molecule has 0 unspecified atom stereocenters. The van der Waals surface area contributed by atoms with Crippen LogP contribution >= 0.6 is 0 Å². The number of hydrogen-bond acceptors (Lipinski definition) is 5. The second-order valence-electron chi connectivity index (χ2n) is 8.69. The molecule has 0 atom stereocenters. The number of rotatable bonds is 4. The second kappa shape index (κ2) is 8.90. The van der Waals surface area contributed by atoms with Crippen molar-refractivity contribution in [1.29, 1.82) is 0 Å². The maximum atomic E-state index is 12.6. The van der Waals surface area contributed by atoms with E-state index in [4.69, 9.17) is 0 Å². The van der Waals surface area contributed by atoms with Crippen molar-refractivity contribution < 1.29 is 9.59 Å². The van der Waals surface area contributed by atoms with E-state index in [9.17, 15) is 9.59 Å². The Labute approximate surface area is 168 Å². The van der Waals surface area contributed by atoms with Crippen LogP contribution in [0.5, 0.6) is 0 Å². The molecular formula is C21H33N5O2. The van der Waals surface area contributed by atoms with Gasteiger partial charge in [-0.3, -0.25) is 14.5 Å². The number of pyridine rings is 1. The van der Waals surface area contributed by atoms with Gasteiger partial charge in [0.1, 0.15) is 5.82 Å². The summed E-state index contributed by atoms with van der Waals surface area (Å²) in [5.41, 5.74) is -0.324. The Kier molecular flexibility index (Phi) is 6.54. The fourth-order valence-corrected chi connectivity index (χ4v) is 3.79. The molecule has 2 fully saturated rings. The van der Waals surface area contributed by atoms with E-state index in [0.717, 1.165) is 64.7 Å². The van der Waals surface area contributed by atoms with Crippen molar-refractivity contribution in [3.63, 3.8) is 0 Å². The van der Waals surface area contributed by atoms with E-state index in [2.05, 4.69) is 14.8 Å². The van der Waals surface area contributed by atoms with Crippen molar-refractivity contribution in [2.24, 2.45) is 5.41 Å². The monoisotopic (exact) mass is 387 g/mol. The molecule has 0 aliphatic carbocycles. The molecule has 1 aromatic heterocycles. The number of anilines is 1. The molecule has 0 aromatic carbocycles. The Bertz CT molecular complexity index is 657. The molecule has 3 rings (SSSR count). The molecular weight excluding hydrogens is 354 g/mol. The van der Waals surface area contributed by atoms with Gasteiger partial charge in [-0.25, -0.2) is 4.98 Å². The highest BCUT2D eigenvalue weighted by Crippen LogP contribution is 2.19. The molecule has 2 aliphatic heterocycles. The predicted octanol–water partition coefficient (Wildman–Crippen LogP) is 1.31. The fraction of sp³-hybridized carbons (Fsp3) is 0.667. The lowest BCUT2D eigenvalue weighted by molar-refractivity contribution is -0.141. The predicted molar refractivity (Wildman–Crippen MR) is 110 cm³/mol. The number of hydrogen-bond donors (Lipinski definition) is 0. The van der Waals surface area contributed by atoms with Crippen molar-refractivity contribution in [1.82, 2.24) is 19.7 Å². The fourth-order valence-electron chi connectivity index (χ4n) is 3.79. The van der Waals surface area contributed by atoms with Crippen LogP contribution in [0.4, 0.5) is 5.82 Å². The van der Waals surface area contributed by atoms with Crippen molar-refractivity contribution in [2.45, 2.75) is 27.2 Å². The van der Waals surface area contributed by atoms with Crippen molar-refractivity contribution in [3.05, 3.63) is 24.4 Å². The summed E-state index contributed by atoms with van der Waals surface area (Å²) in [6, 6.07) is 5.93. The van der Waals surface area contributed by atoms with E-state index in [1.54, 1.807) is 0 Å². The second-order valence-corrected chi connectivity index (χ2v) is 8.69. The average molecular weight is 388 g/mol.